The largest absolute Gasteiger partial charge is 0.408 e. The molecule has 3 aliphatic heterocycles. The number of nitrogens with one attached hydrogen (secondary N) is 6. The average Bonchev–Trinajstić information content (AvgIpc) is 1.62. The topological polar surface area (TPSA) is 466 Å². The van der Waals surface area contributed by atoms with Crippen LogP contribution in [0.25, 0.3) is 33.5 Å². The third-order valence-corrected chi connectivity index (χ3v) is 31.8. The van der Waals surface area contributed by atoms with Gasteiger partial charge in [-0.05, 0) is 62.0 Å². The molecule has 12 atom stereocenters. The van der Waals surface area contributed by atoms with Crippen molar-refractivity contribution in [3.63, 3.8) is 0 Å². The van der Waals surface area contributed by atoms with Crippen molar-refractivity contribution >= 4 is 195 Å². The molecule has 3 aliphatic rings. The van der Waals surface area contributed by atoms with Gasteiger partial charge in [0.25, 0.3) is 16.7 Å². The molecule has 611 valence electrons. The zero-order valence-corrected chi connectivity index (χ0v) is 78.9. The van der Waals surface area contributed by atoms with Gasteiger partial charge in [0.2, 0.25) is 39.9 Å². The van der Waals surface area contributed by atoms with Crippen molar-refractivity contribution in [2.45, 2.75) is 253 Å². The maximum atomic E-state index is 12.5. The molecule has 6 aromatic heterocycles. The number of amides is 3. The summed E-state index contributed by atoms with van der Waals surface area (Å²) in [6.07, 6.45) is -7.16. The van der Waals surface area contributed by atoms with Gasteiger partial charge in [0.1, 0.15) is 36.6 Å². The van der Waals surface area contributed by atoms with E-state index in [2.05, 4.69) is 250 Å². The number of ether oxygens (including phenoxy) is 3. The van der Waals surface area contributed by atoms with Crippen LogP contribution in [0, 0.1) is 22.7 Å². The molecule has 0 bridgehead atoms. The molecule has 33 nitrogen and oxygen atoms in total. The van der Waals surface area contributed by atoms with Crippen LogP contribution in [0.3, 0.4) is 0 Å². The summed E-state index contributed by atoms with van der Waals surface area (Å²) in [6.45, 7) is 41.6. The van der Waals surface area contributed by atoms with Crippen LogP contribution in [0.2, 0.25) is 54.4 Å². The quantitative estimate of drug-likeness (QED) is 0.0168. The van der Waals surface area contributed by atoms with Crippen molar-refractivity contribution < 1.29 is 95.9 Å². The molecule has 13 N–H and O–H groups in total. The molecule has 107 heavy (non-hydrogen) atoms. The summed E-state index contributed by atoms with van der Waals surface area (Å²) in [4.78, 5) is 109. The monoisotopic (exact) mass is 2080 g/mol. The number of aromatic amines is 3. The second-order valence-electron chi connectivity index (χ2n) is 29.5. The standard InChI is InChI=1S/2C20H33N5O5Si.C14H19N5O5.C6H15ClSi.CHI3.CH2I.3CH4O.V/c1-10(2)16(27)23-19-22-15-12(17(28)24-19)21-9-25(15)18-13(26)14(11(3)29-18)30-31(7,8)20(4,5)6;1-10(2)16(27)23-19-22-15-12(17(28)24-19)21-9-25(15)18-14(13(26)11(3)29-18)30-31(7,8)20(4,5)6;1-5(2)11(22)17-14-16-10-7(12(23)18-14)15-4-19(10)13-9(21)8(20)6(3)24-13;1-6(2,3)8(4,5)7;2-1(3)4;4*1-2;/h2*9-11,13-14,18,26H,1-8H3,(H2,22,23,24,27,28);4-6,8-9,13,20-21H,1-3H3,(H2,16,17,18,22,23);1-5H3;1H;1H2;3*2H,1H3;/q;;;;;-1;;;;/i3*3D;;;;3*2T;. The Hall–Kier alpha value is -2.57. The van der Waals surface area contributed by atoms with Crippen molar-refractivity contribution in [2.75, 3.05) is 37.3 Å². The minimum atomic E-state index is -2.31. The first-order valence-corrected chi connectivity index (χ1v) is 48.3. The molecule has 3 fully saturated rings. The Morgan fingerprint density at radius 2 is 0.804 bits per heavy atom. The minimum Gasteiger partial charge on any atom is -0.408 e. The molecule has 9 rings (SSSR count). The number of hydrogen-bond donors (Lipinski definition) is 13. The zero-order chi connectivity index (χ0) is 87.0. The van der Waals surface area contributed by atoms with Gasteiger partial charge in [0, 0.05) is 61.8 Å². The number of halogens is 5. The third kappa shape index (κ3) is 28.4. The Morgan fingerprint density at radius 1 is 0.542 bits per heavy atom. The van der Waals surface area contributed by atoms with Gasteiger partial charge in [-0.3, -0.25) is 78.3 Å². The van der Waals surface area contributed by atoms with Gasteiger partial charge in [-0.1, -0.05) is 185 Å². The normalized spacial score (nSPS) is 22.8. The molecule has 42 heteroatoms. The van der Waals surface area contributed by atoms with Crippen LogP contribution in [0.5, 0.6) is 0 Å². The molecular formula is C65H115ClI4N15O18Si3V-. The number of aliphatic hydroxyl groups is 7. The molecule has 1 radical (unpaired) electrons. The Labute approximate surface area is 709 Å². The fourth-order valence-electron chi connectivity index (χ4n) is 8.45. The summed E-state index contributed by atoms with van der Waals surface area (Å²) in [5.41, 5.74) is -1.02. The second-order valence-corrected chi connectivity index (χ2v) is 57.1. The number of nitrogens with zero attached hydrogens (tertiary/aromatic N) is 9. The van der Waals surface area contributed by atoms with E-state index < -0.39 is 114 Å². The molecule has 3 amide bonds. The van der Waals surface area contributed by atoms with E-state index in [4.69, 9.17) is 42.5 Å². The first kappa shape index (κ1) is 93.3. The number of fused-ring (bicyclic) bond motifs is 3. The van der Waals surface area contributed by atoms with Gasteiger partial charge in [0.15, 0.2) is 76.2 Å². The first-order valence-electron chi connectivity index (χ1n) is 36.5. The molecule has 0 saturated carbocycles. The summed E-state index contributed by atoms with van der Waals surface area (Å²) >= 11 is 15.0. The Balaban J connectivity index is 0.00000146. The average molecular weight is 2080 g/mol. The summed E-state index contributed by atoms with van der Waals surface area (Å²) in [5, 5.41) is 60.4. The maximum absolute atomic E-state index is 12.5. The maximum Gasteiger partial charge on any atom is 0.280 e. The number of rotatable bonds is 13. The van der Waals surface area contributed by atoms with Gasteiger partial charge in [-0.25, -0.2) is 15.0 Å². The van der Waals surface area contributed by atoms with Gasteiger partial charge in [-0.2, -0.15) is 26.0 Å². The number of carbonyl (C=O) groups excluding carboxylic acids is 3. The summed E-state index contributed by atoms with van der Waals surface area (Å²) in [5.74, 6) is -1.88. The van der Waals surface area contributed by atoms with E-state index in [1.165, 1.54) is 54.0 Å². The summed E-state index contributed by atoms with van der Waals surface area (Å²) in [6, 6.07) is 0. The molecular weight excluding hydrogens is 1960 g/mol. The predicted octanol–water partition coefficient (Wildman–Crippen LogP) is 9.96. The first-order chi connectivity index (χ1) is 51.6. The summed E-state index contributed by atoms with van der Waals surface area (Å²) in [7, 11) is -2.08. The van der Waals surface area contributed by atoms with Gasteiger partial charge in [-0.15, -0.1) is 0 Å². The molecule has 3 saturated heterocycles. The van der Waals surface area contributed by atoms with Crippen molar-refractivity contribution in [1.29, 1.82) is 4.29 Å². The summed E-state index contributed by atoms with van der Waals surface area (Å²) < 4.78 is 75.5. The Morgan fingerprint density at radius 3 is 1.07 bits per heavy atom. The van der Waals surface area contributed by atoms with Crippen LogP contribution in [-0.2, 0) is 56.0 Å². The number of aliphatic hydroxyl groups excluding tert-OH is 7. The number of H-pyrrole nitrogens is 3. The van der Waals surface area contributed by atoms with Gasteiger partial charge < -0.3 is 81.4 Å². The van der Waals surface area contributed by atoms with E-state index in [1.54, 1.807) is 41.5 Å². The van der Waals surface area contributed by atoms with E-state index in [-0.39, 0.29) is 136 Å². The Kier molecular flexibility index (Phi) is 39.2. The van der Waals surface area contributed by atoms with Crippen LogP contribution >= 0.6 is 101 Å². The van der Waals surface area contributed by atoms with E-state index in [9.17, 15) is 49.2 Å². The number of imidazole rings is 3. The SMILES string of the molecule is CC(C)(C)[Si](C)(C)Cl.IC(I)I.[2H]CC1OC(n2cnc3c(=O)[nH]c(NC(=O)C(C)C)nc32)C(O)C1O.[2H]CC1OC(n2cnc3c(=O)[nH]c(NC(=O)C(C)C)nc32)C(O)C1O[Si](C)(C)C(C)(C)C.[2H]CC1OC(n2cnc3c(=O)[nH]c(NC(=O)C(C)C)nc32)C(O[Si](C)(C)C(C)(C)C)C1O.[3H]OC.[3H]OC.[3H]OC.[CH2-]I.[V]. The van der Waals surface area contributed by atoms with Crippen molar-refractivity contribution in [1.82, 2.24) is 58.6 Å². The van der Waals surface area contributed by atoms with Crippen LogP contribution in [0.4, 0.5) is 17.8 Å². The molecule has 0 spiro atoms. The zero-order valence-electron chi connectivity index (χ0n) is 71.2. The third-order valence-electron chi connectivity index (χ3n) is 17.6. The van der Waals surface area contributed by atoms with Crippen LogP contribution in [0.1, 0.15) is 147 Å². The number of aromatic nitrogens is 12. The van der Waals surface area contributed by atoms with E-state index in [0.29, 0.717) is 5.04 Å². The van der Waals surface area contributed by atoms with Crippen molar-refractivity contribution in [3.05, 3.63) is 55.0 Å². The number of hydrogen-bond acceptors (Lipinski definition) is 24. The molecule has 0 aliphatic carbocycles. The molecule has 9 heterocycles. The second kappa shape index (κ2) is 44.9. The van der Waals surface area contributed by atoms with E-state index >= 15 is 0 Å². The van der Waals surface area contributed by atoms with Gasteiger partial charge >= 0.3 is 0 Å². The van der Waals surface area contributed by atoms with Crippen LogP contribution in [-0.4, -0.2) is 217 Å². The van der Waals surface area contributed by atoms with Crippen molar-refractivity contribution in [3.8, 4) is 0 Å². The number of carbonyl (C=O) groups is 3. The Bertz CT molecular complexity index is 4060. The van der Waals surface area contributed by atoms with Gasteiger partial charge in [0.05, 0.1) is 37.3 Å². The van der Waals surface area contributed by atoms with Crippen molar-refractivity contribution in [2.24, 2.45) is 17.8 Å². The molecule has 0 aromatic carbocycles. The van der Waals surface area contributed by atoms with E-state index in [1.807, 2.05) is 22.6 Å². The van der Waals surface area contributed by atoms with E-state index in [0.717, 1.165) is -0.0619 Å². The molecule has 12 unspecified atom stereocenters. The fraction of sp³-hybridized carbons (Fsp3) is 0.708. The van der Waals surface area contributed by atoms with Crippen LogP contribution < -0.4 is 32.6 Å². The van der Waals surface area contributed by atoms with Crippen LogP contribution in [0.15, 0.2) is 33.4 Å². The number of alkyl halides is 3. The minimum absolute atomic E-state index is 0. The fourth-order valence-corrected chi connectivity index (χ4v) is 11.1. The number of anilines is 3. The predicted molar refractivity (Wildman–Crippen MR) is 454 cm³/mol. The smallest absolute Gasteiger partial charge is 0.280 e. The molecule has 6 aromatic rings.